The quantitative estimate of drug-likeness (QED) is 0.655. The van der Waals surface area contributed by atoms with E-state index in [1.807, 2.05) is 18.2 Å². The van der Waals surface area contributed by atoms with Crippen LogP contribution in [0.3, 0.4) is 0 Å². The van der Waals surface area contributed by atoms with Crippen molar-refractivity contribution >= 4 is 0 Å². The highest BCUT2D eigenvalue weighted by Crippen LogP contribution is 2.33. The van der Waals surface area contributed by atoms with Gasteiger partial charge in [0.1, 0.15) is 0 Å². The lowest BCUT2D eigenvalue weighted by Crippen LogP contribution is -2.39. The van der Waals surface area contributed by atoms with E-state index < -0.39 is 0 Å². The van der Waals surface area contributed by atoms with Gasteiger partial charge in [0.05, 0.1) is 12.2 Å². The highest BCUT2D eigenvalue weighted by molar-refractivity contribution is 5.18. The van der Waals surface area contributed by atoms with E-state index >= 15 is 0 Å². The Morgan fingerprint density at radius 1 is 0.714 bits per heavy atom. The molecule has 0 radical (unpaired) electrons. The average Bonchev–Trinajstić information content (AvgIpc) is 2.51. The summed E-state index contributed by atoms with van der Waals surface area (Å²) in [5, 5.41) is 0. The van der Waals surface area contributed by atoms with Crippen LogP contribution in [0, 0.1) is 11.8 Å². The number of benzene rings is 1. The summed E-state index contributed by atoms with van der Waals surface area (Å²) >= 11 is 0. The molecule has 1 aromatic rings. The summed E-state index contributed by atoms with van der Waals surface area (Å²) in [7, 11) is 6.74. The van der Waals surface area contributed by atoms with Gasteiger partial charge in [-0.05, 0) is 5.56 Å². The summed E-state index contributed by atoms with van der Waals surface area (Å²) in [5.41, 5.74) is 1.15. The Hall–Kier alpha value is -0.940. The van der Waals surface area contributed by atoms with Crippen LogP contribution in [-0.4, -0.2) is 40.8 Å². The maximum absolute atomic E-state index is 5.72. The van der Waals surface area contributed by atoms with Crippen molar-refractivity contribution in [2.75, 3.05) is 28.4 Å². The first-order chi connectivity index (χ1) is 10.1. The van der Waals surface area contributed by atoms with E-state index in [9.17, 15) is 0 Å². The fourth-order valence-corrected chi connectivity index (χ4v) is 3.06. The number of rotatable bonds is 9. The van der Waals surface area contributed by atoms with Crippen LogP contribution >= 0.6 is 0 Å². The Morgan fingerprint density at radius 3 is 1.71 bits per heavy atom. The van der Waals surface area contributed by atoms with Gasteiger partial charge < -0.3 is 18.9 Å². The zero-order valence-corrected chi connectivity index (χ0v) is 13.9. The van der Waals surface area contributed by atoms with Crippen LogP contribution in [0.4, 0.5) is 0 Å². The van der Waals surface area contributed by atoms with Crippen molar-refractivity contribution in [3.8, 4) is 0 Å². The Labute approximate surface area is 128 Å². The van der Waals surface area contributed by atoms with Gasteiger partial charge in [0.2, 0.25) is 0 Å². The molecule has 1 aromatic carbocycles. The molecule has 0 fully saturated rings. The first-order valence-electron chi connectivity index (χ1n) is 7.26. The Balaban J connectivity index is 2.92. The number of ether oxygens (including phenoxy) is 4. The van der Waals surface area contributed by atoms with Gasteiger partial charge in [0, 0.05) is 40.3 Å². The predicted octanol–water partition coefficient (Wildman–Crippen LogP) is 3.28. The highest BCUT2D eigenvalue weighted by Gasteiger charge is 2.35. The van der Waals surface area contributed by atoms with Crippen LogP contribution in [0.5, 0.6) is 0 Å². The van der Waals surface area contributed by atoms with Crippen molar-refractivity contribution in [1.29, 1.82) is 0 Å². The zero-order valence-electron chi connectivity index (χ0n) is 13.9. The lowest BCUT2D eigenvalue weighted by molar-refractivity contribution is -0.174. The molecule has 0 saturated carbocycles. The minimum absolute atomic E-state index is 0.0343. The van der Waals surface area contributed by atoms with Crippen molar-refractivity contribution in [2.24, 2.45) is 11.8 Å². The molecule has 0 aromatic heterocycles. The van der Waals surface area contributed by atoms with Gasteiger partial charge in [-0.15, -0.1) is 0 Å². The largest absolute Gasteiger partial charge is 0.381 e. The summed E-state index contributed by atoms with van der Waals surface area (Å²) in [6.07, 6.45) is -0.376. The maximum Gasteiger partial charge on any atom is 0.161 e. The van der Waals surface area contributed by atoms with E-state index in [1.165, 1.54) is 0 Å². The molecule has 0 spiro atoms. The molecule has 4 atom stereocenters. The lowest BCUT2D eigenvalue weighted by Gasteiger charge is -2.35. The zero-order chi connectivity index (χ0) is 15.8. The van der Waals surface area contributed by atoms with Gasteiger partial charge in [-0.1, -0.05) is 44.2 Å². The van der Waals surface area contributed by atoms with E-state index in [0.717, 1.165) is 5.56 Å². The van der Waals surface area contributed by atoms with Crippen LogP contribution in [0.2, 0.25) is 0 Å². The first kappa shape index (κ1) is 18.1. The third-order valence-electron chi connectivity index (χ3n) is 4.06. The molecule has 1 rings (SSSR count). The Morgan fingerprint density at radius 2 is 1.29 bits per heavy atom. The van der Waals surface area contributed by atoms with E-state index in [4.69, 9.17) is 18.9 Å². The molecule has 0 bridgehead atoms. The van der Waals surface area contributed by atoms with Crippen LogP contribution in [0.15, 0.2) is 30.3 Å². The monoisotopic (exact) mass is 296 g/mol. The second-order valence-electron chi connectivity index (χ2n) is 5.33. The fraction of sp³-hybridized carbons (Fsp3) is 0.647. The van der Waals surface area contributed by atoms with Crippen molar-refractivity contribution in [3.63, 3.8) is 0 Å². The third kappa shape index (κ3) is 4.51. The third-order valence-corrected chi connectivity index (χ3v) is 4.06. The summed E-state index contributed by atoms with van der Waals surface area (Å²) < 4.78 is 22.2. The molecule has 0 saturated heterocycles. The Kier molecular flexibility index (Phi) is 7.89. The van der Waals surface area contributed by atoms with Crippen LogP contribution in [0.1, 0.15) is 25.5 Å². The SMILES string of the molecule is COC(OC)[C@H](C)[C@@H](OC)[C@@H](C)[C@H](OC)c1ccccc1. The lowest BCUT2D eigenvalue weighted by atomic mass is 9.85. The Bertz CT molecular complexity index is 378. The van der Waals surface area contributed by atoms with E-state index in [-0.39, 0.29) is 30.3 Å². The second-order valence-corrected chi connectivity index (χ2v) is 5.33. The summed E-state index contributed by atoms with van der Waals surface area (Å²) in [6, 6.07) is 10.2. The standard InChI is InChI=1S/C17H28O4/c1-12(15(18-3)13(2)17(20-5)21-6)16(19-4)14-10-8-7-9-11-14/h7-13,15-17H,1-6H3/t12-,13-,15+,16+/m1/s1. The minimum Gasteiger partial charge on any atom is -0.381 e. The van der Waals surface area contributed by atoms with Crippen LogP contribution < -0.4 is 0 Å². The molecule has 21 heavy (non-hydrogen) atoms. The molecule has 0 heterocycles. The molecule has 0 N–H and O–H groups in total. The number of methoxy groups -OCH3 is 4. The van der Waals surface area contributed by atoms with E-state index in [0.29, 0.717) is 0 Å². The summed E-state index contributed by atoms with van der Waals surface area (Å²) in [4.78, 5) is 0. The smallest absolute Gasteiger partial charge is 0.161 e. The molecule has 0 aliphatic carbocycles. The van der Waals surface area contributed by atoms with E-state index in [1.54, 1.807) is 28.4 Å². The van der Waals surface area contributed by atoms with Gasteiger partial charge in [-0.2, -0.15) is 0 Å². The van der Waals surface area contributed by atoms with Crippen molar-refractivity contribution in [2.45, 2.75) is 32.3 Å². The molecule has 4 heteroatoms. The van der Waals surface area contributed by atoms with Gasteiger partial charge in [-0.3, -0.25) is 0 Å². The molecule has 0 aliphatic rings. The van der Waals surface area contributed by atoms with Gasteiger partial charge in [-0.25, -0.2) is 0 Å². The molecule has 0 amide bonds. The van der Waals surface area contributed by atoms with Crippen LogP contribution in [-0.2, 0) is 18.9 Å². The molecule has 120 valence electrons. The molecule has 0 unspecified atom stereocenters. The highest BCUT2D eigenvalue weighted by atomic mass is 16.7. The van der Waals surface area contributed by atoms with E-state index in [2.05, 4.69) is 26.0 Å². The maximum atomic E-state index is 5.72. The second kappa shape index (κ2) is 9.15. The van der Waals surface area contributed by atoms with Crippen LogP contribution in [0.25, 0.3) is 0 Å². The molecule has 4 nitrogen and oxygen atoms in total. The molecule has 0 aliphatic heterocycles. The average molecular weight is 296 g/mol. The van der Waals surface area contributed by atoms with Gasteiger partial charge >= 0.3 is 0 Å². The normalized spacial score (nSPS) is 17.5. The molecular formula is C17H28O4. The topological polar surface area (TPSA) is 36.9 Å². The predicted molar refractivity (Wildman–Crippen MR) is 83.1 cm³/mol. The summed E-state index contributed by atoms with van der Waals surface area (Å²) in [6.45, 7) is 4.20. The number of hydrogen-bond donors (Lipinski definition) is 0. The van der Waals surface area contributed by atoms with Gasteiger partial charge in [0.25, 0.3) is 0 Å². The van der Waals surface area contributed by atoms with Crippen molar-refractivity contribution in [1.82, 2.24) is 0 Å². The minimum atomic E-state index is -0.300. The molecular weight excluding hydrogens is 268 g/mol. The van der Waals surface area contributed by atoms with Crippen molar-refractivity contribution < 1.29 is 18.9 Å². The van der Waals surface area contributed by atoms with Gasteiger partial charge in [0.15, 0.2) is 6.29 Å². The summed E-state index contributed by atoms with van der Waals surface area (Å²) in [5.74, 6) is 0.242. The fourth-order valence-electron chi connectivity index (χ4n) is 3.06. The van der Waals surface area contributed by atoms with Crippen molar-refractivity contribution in [3.05, 3.63) is 35.9 Å². The number of hydrogen-bond acceptors (Lipinski definition) is 4. The first-order valence-corrected chi connectivity index (χ1v) is 7.26.